The predicted octanol–water partition coefficient (Wildman–Crippen LogP) is 7.72. The zero-order valence-electron chi connectivity index (χ0n) is 18.4. The zero-order chi connectivity index (χ0) is 21.4. The molecular weight excluding hydrogens is 384 g/mol. The fourth-order valence-electron chi connectivity index (χ4n) is 6.49. The Hall–Kier alpha value is -3.64. The van der Waals surface area contributed by atoms with E-state index in [-0.39, 0.29) is 5.41 Å². The van der Waals surface area contributed by atoms with Gasteiger partial charge in [0.05, 0.1) is 5.41 Å². The first-order valence-corrected chi connectivity index (χ1v) is 11.5. The Morgan fingerprint density at radius 3 is 1.91 bits per heavy atom. The second kappa shape index (κ2) is 6.20. The highest BCUT2D eigenvalue weighted by Crippen LogP contribution is 2.60. The second-order valence-corrected chi connectivity index (χ2v) is 9.45. The molecule has 5 aromatic carbocycles. The van der Waals surface area contributed by atoms with Gasteiger partial charge in [-0.25, -0.2) is 0 Å². The fourth-order valence-corrected chi connectivity index (χ4v) is 6.49. The van der Waals surface area contributed by atoms with Crippen LogP contribution in [0.25, 0.3) is 21.9 Å². The zero-order valence-corrected chi connectivity index (χ0v) is 18.4. The Balaban J connectivity index is 1.77. The van der Waals surface area contributed by atoms with Gasteiger partial charge in [0.25, 0.3) is 0 Å². The molecule has 152 valence electrons. The Labute approximate surface area is 189 Å². The van der Waals surface area contributed by atoms with Crippen LogP contribution in [-0.4, -0.2) is 0 Å². The molecule has 0 N–H and O–H groups in total. The molecule has 0 heterocycles. The van der Waals surface area contributed by atoms with Gasteiger partial charge in [-0.3, -0.25) is 0 Å². The van der Waals surface area contributed by atoms with E-state index < -0.39 is 0 Å². The fraction of sp³-hybridized carbons (Fsp3) is 0.125. The molecule has 0 fully saturated rings. The number of fused-ring (bicyclic) bond motifs is 11. The van der Waals surface area contributed by atoms with E-state index >= 15 is 0 Å². The topological polar surface area (TPSA) is 0 Å². The Kier molecular flexibility index (Phi) is 3.49. The lowest BCUT2D eigenvalue weighted by molar-refractivity contribution is 0.721. The van der Waals surface area contributed by atoms with Crippen molar-refractivity contribution in [3.63, 3.8) is 0 Å². The van der Waals surface area contributed by atoms with Crippen LogP contribution in [0.5, 0.6) is 0 Å². The molecule has 0 aromatic heterocycles. The second-order valence-electron chi connectivity index (χ2n) is 9.45. The predicted molar refractivity (Wildman–Crippen MR) is 134 cm³/mol. The molecule has 1 spiro atoms. The van der Waals surface area contributed by atoms with Crippen molar-refractivity contribution in [3.8, 4) is 11.1 Å². The van der Waals surface area contributed by atoms with Gasteiger partial charge in [-0.1, -0.05) is 103 Å². The number of hydrogen-bond donors (Lipinski definition) is 0. The summed E-state index contributed by atoms with van der Waals surface area (Å²) in [4.78, 5) is 0. The minimum absolute atomic E-state index is 0.267. The van der Waals surface area contributed by atoms with E-state index in [1.807, 2.05) is 0 Å². The summed E-state index contributed by atoms with van der Waals surface area (Å²) in [5.74, 6) is 0. The molecule has 0 atom stereocenters. The smallest absolute Gasteiger partial charge is 0.0620 e. The summed E-state index contributed by atoms with van der Waals surface area (Å²) < 4.78 is 0. The van der Waals surface area contributed by atoms with E-state index in [1.54, 1.807) is 0 Å². The number of benzene rings is 5. The molecule has 0 nitrogen and oxygen atoms in total. The average Bonchev–Trinajstić information content (AvgIpc) is 3.10. The minimum Gasteiger partial charge on any atom is -0.0620 e. The van der Waals surface area contributed by atoms with E-state index in [2.05, 4.69) is 111 Å². The maximum atomic E-state index is 2.48. The average molecular weight is 409 g/mol. The van der Waals surface area contributed by atoms with Crippen molar-refractivity contribution in [1.82, 2.24) is 0 Å². The maximum Gasteiger partial charge on any atom is 0.0719 e. The first-order chi connectivity index (χ1) is 15.7. The lowest BCUT2D eigenvalue weighted by Gasteiger charge is -2.40. The van der Waals surface area contributed by atoms with Gasteiger partial charge in [0.15, 0.2) is 0 Å². The molecule has 2 aliphatic rings. The number of aryl methyl sites for hydroxylation is 2. The van der Waals surface area contributed by atoms with Crippen molar-refractivity contribution in [1.29, 1.82) is 0 Å². The van der Waals surface area contributed by atoms with Gasteiger partial charge in [-0.15, -0.1) is 0 Å². The molecule has 0 bridgehead atoms. The maximum absolute atomic E-state index is 2.48. The van der Waals surface area contributed by atoms with Gasteiger partial charge in [-0.2, -0.15) is 0 Å². The first-order valence-electron chi connectivity index (χ1n) is 11.5. The van der Waals surface area contributed by atoms with Crippen LogP contribution in [0.4, 0.5) is 0 Å². The minimum atomic E-state index is -0.267. The Morgan fingerprint density at radius 2 is 1.19 bits per heavy atom. The molecule has 0 aliphatic heterocycles. The quantitative estimate of drug-likeness (QED) is 0.241. The van der Waals surface area contributed by atoms with Gasteiger partial charge in [-0.05, 0) is 81.1 Å². The van der Waals surface area contributed by atoms with Crippen molar-refractivity contribution < 1.29 is 0 Å². The highest BCUT2D eigenvalue weighted by molar-refractivity contribution is 6.05. The van der Waals surface area contributed by atoms with Crippen LogP contribution in [0.3, 0.4) is 0 Å². The molecule has 0 amide bonds. The van der Waals surface area contributed by atoms with Gasteiger partial charge >= 0.3 is 0 Å². The summed E-state index contributed by atoms with van der Waals surface area (Å²) in [6.07, 6.45) is 0.997. The van der Waals surface area contributed by atoms with Gasteiger partial charge < -0.3 is 0 Å². The number of hydrogen-bond acceptors (Lipinski definition) is 0. The summed E-state index contributed by atoms with van der Waals surface area (Å²) in [5.41, 5.74) is 13.8. The van der Waals surface area contributed by atoms with E-state index in [4.69, 9.17) is 0 Å². The van der Waals surface area contributed by atoms with Crippen LogP contribution in [0.1, 0.15) is 44.5 Å². The first kappa shape index (κ1) is 18.0. The lowest BCUT2D eigenvalue weighted by Crippen LogP contribution is -2.34. The van der Waals surface area contributed by atoms with Crippen molar-refractivity contribution in [2.45, 2.75) is 25.7 Å². The monoisotopic (exact) mass is 408 g/mol. The summed E-state index contributed by atoms with van der Waals surface area (Å²) >= 11 is 0. The molecule has 0 radical (unpaired) electrons. The largest absolute Gasteiger partial charge is 0.0719 e. The molecule has 0 heteroatoms. The molecule has 0 saturated heterocycles. The molecule has 2 aliphatic carbocycles. The van der Waals surface area contributed by atoms with Crippen LogP contribution >= 0.6 is 0 Å². The normalized spacial score (nSPS) is 14.7. The van der Waals surface area contributed by atoms with Gasteiger partial charge in [0.1, 0.15) is 0 Å². The van der Waals surface area contributed by atoms with Gasteiger partial charge in [0, 0.05) is 0 Å². The SMILES string of the molecule is Cc1ccc2c(c1)C1(c3ccccc3Cc3ccccc31)c1cc(C)c3ccccc3c1-2. The third kappa shape index (κ3) is 2.08. The van der Waals surface area contributed by atoms with Crippen LogP contribution < -0.4 is 0 Å². The van der Waals surface area contributed by atoms with Crippen molar-refractivity contribution >= 4 is 10.8 Å². The molecule has 32 heavy (non-hydrogen) atoms. The van der Waals surface area contributed by atoms with Gasteiger partial charge in [0.2, 0.25) is 0 Å². The third-order valence-corrected chi connectivity index (χ3v) is 7.73. The molecule has 0 unspecified atom stereocenters. The molecular formula is C32H24. The standard InChI is InChI=1S/C32H24/c1-20-15-16-26-29(17-20)32(30-18-21(2)24-11-5-6-12-25(24)31(26)30)27-13-7-3-9-22(27)19-23-10-4-8-14-28(23)32/h3-18H,19H2,1-2H3. The van der Waals surface area contributed by atoms with E-state index in [9.17, 15) is 0 Å². The highest BCUT2D eigenvalue weighted by Gasteiger charge is 2.50. The van der Waals surface area contributed by atoms with Crippen molar-refractivity contribution in [3.05, 3.63) is 142 Å². The van der Waals surface area contributed by atoms with Crippen LogP contribution in [0.15, 0.2) is 97.1 Å². The van der Waals surface area contributed by atoms with Crippen LogP contribution in [0, 0.1) is 13.8 Å². The molecule has 5 aromatic rings. The number of rotatable bonds is 0. The third-order valence-electron chi connectivity index (χ3n) is 7.73. The Bertz CT molecular complexity index is 1520. The summed E-state index contributed by atoms with van der Waals surface area (Å²) in [7, 11) is 0. The molecule has 0 saturated carbocycles. The molecule has 7 rings (SSSR count). The van der Waals surface area contributed by atoms with E-state index in [0.29, 0.717) is 0 Å². The highest BCUT2D eigenvalue weighted by atomic mass is 14.5. The summed E-state index contributed by atoms with van der Waals surface area (Å²) in [5, 5.41) is 2.72. The van der Waals surface area contributed by atoms with E-state index in [0.717, 1.165) is 6.42 Å². The van der Waals surface area contributed by atoms with Crippen LogP contribution in [0.2, 0.25) is 0 Å². The van der Waals surface area contributed by atoms with E-state index in [1.165, 1.54) is 66.4 Å². The van der Waals surface area contributed by atoms with Crippen molar-refractivity contribution in [2.24, 2.45) is 0 Å². The summed E-state index contributed by atoms with van der Waals surface area (Å²) in [6, 6.07) is 36.7. The summed E-state index contributed by atoms with van der Waals surface area (Å²) in [6.45, 7) is 4.49. The lowest BCUT2D eigenvalue weighted by atomic mass is 9.61. The Morgan fingerprint density at radius 1 is 0.562 bits per heavy atom. The van der Waals surface area contributed by atoms with Crippen molar-refractivity contribution in [2.75, 3.05) is 0 Å². The van der Waals surface area contributed by atoms with Crippen LogP contribution in [-0.2, 0) is 11.8 Å².